The minimum atomic E-state index is -0.357. The highest BCUT2D eigenvalue weighted by Crippen LogP contribution is 2.19. The van der Waals surface area contributed by atoms with Crippen LogP contribution in [0.1, 0.15) is 12.1 Å². The molecule has 2 amide bonds. The zero-order valence-electron chi connectivity index (χ0n) is 14.5. The number of aromatic amines is 1. The molecule has 0 saturated heterocycles. The van der Waals surface area contributed by atoms with Crippen LogP contribution in [-0.4, -0.2) is 53.6 Å². The van der Waals surface area contributed by atoms with Crippen LogP contribution in [0.4, 0.5) is 4.39 Å². The third-order valence-corrected chi connectivity index (χ3v) is 3.74. The van der Waals surface area contributed by atoms with E-state index in [-0.39, 0.29) is 43.1 Å². The fraction of sp³-hybridized carbons (Fsp3) is 0.353. The molecule has 0 atom stereocenters. The van der Waals surface area contributed by atoms with Crippen molar-refractivity contribution < 1.29 is 14.0 Å². The van der Waals surface area contributed by atoms with E-state index in [1.54, 1.807) is 24.1 Å². The molecule has 0 fully saturated rings. The maximum atomic E-state index is 13.3. The van der Waals surface area contributed by atoms with Gasteiger partial charge in [-0.2, -0.15) is 5.10 Å². The van der Waals surface area contributed by atoms with E-state index in [4.69, 9.17) is 5.73 Å². The molecule has 0 bridgehead atoms. The fourth-order valence-corrected chi connectivity index (χ4v) is 2.30. The van der Waals surface area contributed by atoms with Gasteiger partial charge in [-0.25, -0.2) is 4.39 Å². The summed E-state index contributed by atoms with van der Waals surface area (Å²) in [7, 11) is 1.68. The number of benzene rings is 1. The van der Waals surface area contributed by atoms with Crippen LogP contribution >= 0.6 is 12.4 Å². The van der Waals surface area contributed by atoms with E-state index >= 15 is 0 Å². The Morgan fingerprint density at radius 3 is 2.81 bits per heavy atom. The Bertz CT molecular complexity index is 737. The molecule has 142 valence electrons. The summed E-state index contributed by atoms with van der Waals surface area (Å²) in [6.45, 7) is 0.358. The van der Waals surface area contributed by atoms with Gasteiger partial charge in [0.05, 0.1) is 18.8 Å². The van der Waals surface area contributed by atoms with Gasteiger partial charge in [0.25, 0.3) is 0 Å². The van der Waals surface area contributed by atoms with Crippen LogP contribution in [0.15, 0.2) is 30.3 Å². The molecule has 4 N–H and O–H groups in total. The molecular formula is C17H23ClFN5O2. The summed E-state index contributed by atoms with van der Waals surface area (Å²) in [6, 6.07) is 8.13. The highest BCUT2D eigenvalue weighted by molar-refractivity contribution is 5.85. The van der Waals surface area contributed by atoms with Crippen molar-refractivity contribution in [1.82, 2.24) is 20.4 Å². The second-order valence-corrected chi connectivity index (χ2v) is 5.69. The molecule has 0 aliphatic heterocycles. The summed E-state index contributed by atoms with van der Waals surface area (Å²) in [5.74, 6) is -0.833. The van der Waals surface area contributed by atoms with Gasteiger partial charge in [0.1, 0.15) is 5.82 Å². The van der Waals surface area contributed by atoms with Crippen molar-refractivity contribution in [3.8, 4) is 11.3 Å². The predicted molar refractivity (Wildman–Crippen MR) is 99.3 cm³/mol. The van der Waals surface area contributed by atoms with E-state index in [1.807, 2.05) is 6.07 Å². The normalized spacial score (nSPS) is 10.1. The van der Waals surface area contributed by atoms with Crippen LogP contribution in [0.25, 0.3) is 11.3 Å². The van der Waals surface area contributed by atoms with E-state index in [0.29, 0.717) is 24.2 Å². The van der Waals surface area contributed by atoms with Crippen LogP contribution in [0.5, 0.6) is 0 Å². The van der Waals surface area contributed by atoms with Crippen LogP contribution < -0.4 is 11.1 Å². The molecule has 26 heavy (non-hydrogen) atoms. The molecule has 1 aromatic carbocycles. The summed E-state index contributed by atoms with van der Waals surface area (Å²) < 4.78 is 13.3. The lowest BCUT2D eigenvalue weighted by molar-refractivity contribution is -0.131. The molecule has 1 heterocycles. The molecular weight excluding hydrogens is 361 g/mol. The molecule has 0 unspecified atom stereocenters. The number of likely N-dealkylation sites (N-methyl/N-ethyl adjacent to an activating group) is 1. The van der Waals surface area contributed by atoms with Crippen molar-refractivity contribution in [2.75, 3.05) is 26.7 Å². The lowest BCUT2D eigenvalue weighted by Gasteiger charge is -2.17. The predicted octanol–water partition coefficient (Wildman–Crippen LogP) is 1.10. The van der Waals surface area contributed by atoms with Crippen LogP contribution in [0, 0.1) is 5.82 Å². The molecule has 0 spiro atoms. The highest BCUT2D eigenvalue weighted by Gasteiger charge is 2.10. The molecule has 2 aromatic rings. The van der Waals surface area contributed by atoms with Crippen molar-refractivity contribution in [3.05, 3.63) is 41.8 Å². The van der Waals surface area contributed by atoms with E-state index in [0.717, 1.165) is 12.1 Å². The summed E-state index contributed by atoms with van der Waals surface area (Å²) in [4.78, 5) is 24.4. The Labute approximate surface area is 157 Å². The van der Waals surface area contributed by atoms with Crippen molar-refractivity contribution in [1.29, 1.82) is 0 Å². The van der Waals surface area contributed by atoms with Gasteiger partial charge in [-0.1, -0.05) is 12.1 Å². The quantitative estimate of drug-likeness (QED) is 0.635. The molecule has 0 aliphatic carbocycles. The number of halogens is 2. The Balaban J connectivity index is 0.00000338. The number of hydrogen-bond acceptors (Lipinski definition) is 4. The van der Waals surface area contributed by atoms with Crippen molar-refractivity contribution >= 4 is 24.2 Å². The average Bonchev–Trinajstić information content (AvgIpc) is 3.08. The van der Waals surface area contributed by atoms with Gasteiger partial charge in [-0.05, 0) is 31.0 Å². The number of amides is 2. The number of carbonyl (C=O) groups excluding carboxylic acids is 2. The Kier molecular flexibility index (Phi) is 8.74. The molecule has 2 rings (SSSR count). The first kappa shape index (κ1) is 21.6. The number of H-pyrrole nitrogens is 1. The van der Waals surface area contributed by atoms with Crippen molar-refractivity contribution in [3.63, 3.8) is 0 Å². The van der Waals surface area contributed by atoms with E-state index < -0.39 is 0 Å². The number of hydrogen-bond donors (Lipinski definition) is 3. The monoisotopic (exact) mass is 383 g/mol. The lowest BCUT2D eigenvalue weighted by Crippen LogP contribution is -2.40. The lowest BCUT2D eigenvalue weighted by atomic mass is 10.1. The smallest absolute Gasteiger partial charge is 0.241 e. The Hall–Kier alpha value is -2.45. The topological polar surface area (TPSA) is 104 Å². The fourth-order valence-electron chi connectivity index (χ4n) is 2.30. The number of rotatable bonds is 8. The van der Waals surface area contributed by atoms with Gasteiger partial charge >= 0.3 is 0 Å². The summed E-state index contributed by atoms with van der Waals surface area (Å²) in [5.41, 5.74) is 7.47. The van der Waals surface area contributed by atoms with Crippen molar-refractivity contribution in [2.45, 2.75) is 12.8 Å². The number of nitrogens with two attached hydrogens (primary N) is 1. The third kappa shape index (κ3) is 6.45. The Morgan fingerprint density at radius 2 is 2.12 bits per heavy atom. The second kappa shape index (κ2) is 10.5. The van der Waals surface area contributed by atoms with E-state index in [1.165, 1.54) is 12.1 Å². The SMILES string of the molecule is CN(CCCc1cc(-c2cccc(F)c2)n[nH]1)C(=O)CNC(=O)CN.Cl. The summed E-state index contributed by atoms with van der Waals surface area (Å²) in [5, 5.41) is 9.56. The zero-order chi connectivity index (χ0) is 18.2. The van der Waals surface area contributed by atoms with E-state index in [9.17, 15) is 14.0 Å². The number of carbonyl (C=O) groups is 2. The number of aromatic nitrogens is 2. The highest BCUT2D eigenvalue weighted by atomic mass is 35.5. The molecule has 9 heteroatoms. The minimum absolute atomic E-state index is 0. The first-order valence-corrected chi connectivity index (χ1v) is 8.00. The van der Waals surface area contributed by atoms with Crippen LogP contribution in [0.3, 0.4) is 0 Å². The van der Waals surface area contributed by atoms with Gasteiger partial charge in [-0.15, -0.1) is 12.4 Å². The van der Waals surface area contributed by atoms with Crippen LogP contribution in [0.2, 0.25) is 0 Å². The minimum Gasteiger partial charge on any atom is -0.346 e. The summed E-state index contributed by atoms with van der Waals surface area (Å²) in [6.07, 6.45) is 1.44. The second-order valence-electron chi connectivity index (χ2n) is 5.69. The van der Waals surface area contributed by atoms with Gasteiger partial charge in [-0.3, -0.25) is 14.7 Å². The first-order chi connectivity index (χ1) is 12.0. The molecule has 7 nitrogen and oxygen atoms in total. The average molecular weight is 384 g/mol. The van der Waals surface area contributed by atoms with Crippen molar-refractivity contribution in [2.24, 2.45) is 5.73 Å². The first-order valence-electron chi connectivity index (χ1n) is 8.00. The zero-order valence-corrected chi connectivity index (χ0v) is 15.3. The number of nitrogens with one attached hydrogen (secondary N) is 2. The molecule has 1 aromatic heterocycles. The number of aryl methyl sites for hydroxylation is 1. The summed E-state index contributed by atoms with van der Waals surface area (Å²) >= 11 is 0. The standard InChI is InChI=1S/C17H22FN5O2.ClH/c1-23(17(25)11-20-16(24)10-19)7-3-6-14-9-15(22-21-14)12-4-2-5-13(18)8-12;/h2,4-5,8-9H,3,6-7,10-11,19H2,1H3,(H,20,24)(H,21,22);1H. The largest absolute Gasteiger partial charge is 0.346 e. The third-order valence-electron chi connectivity index (χ3n) is 3.74. The number of nitrogens with zero attached hydrogens (tertiary/aromatic N) is 2. The molecule has 0 saturated carbocycles. The van der Waals surface area contributed by atoms with E-state index in [2.05, 4.69) is 15.5 Å². The van der Waals surface area contributed by atoms with Crippen LogP contribution in [-0.2, 0) is 16.0 Å². The van der Waals surface area contributed by atoms with Gasteiger partial charge < -0.3 is 16.0 Å². The van der Waals surface area contributed by atoms with Gasteiger partial charge in [0.15, 0.2) is 0 Å². The van der Waals surface area contributed by atoms with Gasteiger partial charge in [0, 0.05) is 24.8 Å². The molecule has 0 aliphatic rings. The maximum absolute atomic E-state index is 13.3. The Morgan fingerprint density at radius 1 is 1.35 bits per heavy atom. The maximum Gasteiger partial charge on any atom is 0.241 e. The van der Waals surface area contributed by atoms with Gasteiger partial charge in [0.2, 0.25) is 11.8 Å². The molecule has 0 radical (unpaired) electrons.